The van der Waals surface area contributed by atoms with Crippen LogP contribution in [0.5, 0.6) is 0 Å². The molecule has 6 nitrogen and oxygen atoms in total. The van der Waals surface area contributed by atoms with Crippen molar-refractivity contribution in [3.63, 3.8) is 0 Å². The predicted molar refractivity (Wildman–Crippen MR) is 245 cm³/mol. The summed E-state index contributed by atoms with van der Waals surface area (Å²) in [5, 5.41) is 2.05. The van der Waals surface area contributed by atoms with Crippen molar-refractivity contribution >= 4 is 16.5 Å². The molecular weight excluding hydrogens is 745 g/mol. The number of benzene rings is 7. The molecule has 11 rings (SSSR count). The minimum absolute atomic E-state index is 0.338. The summed E-state index contributed by atoms with van der Waals surface area (Å²) in [5.41, 5.74) is 11.8. The molecule has 2 bridgehead atoms. The van der Waals surface area contributed by atoms with Gasteiger partial charge in [-0.2, -0.15) is 0 Å². The van der Waals surface area contributed by atoms with E-state index in [4.69, 9.17) is 31.5 Å². The number of aromatic nitrogens is 5. The summed E-state index contributed by atoms with van der Waals surface area (Å²) in [6.45, 7) is 7.46. The van der Waals surface area contributed by atoms with E-state index in [2.05, 4.69) is 95.8 Å². The molecule has 61 heavy (non-hydrogen) atoms. The van der Waals surface area contributed by atoms with Crippen molar-refractivity contribution in [1.82, 2.24) is 24.9 Å². The standard InChI is InChI=1S/C55H40N6/c1-56-42-28-24-37(25-29-42)43-16-8-9-17-46(43)49-34-50(58-51(57-49)38-12-4-2-5-13-38)47-20-10-19-45-44(47)18-11-21-48(45)54-60-52(39-14-6-3-7-15-39)59-53(61-54)40-22-26-41(27-23-40)55-32-30-36(35-55)31-33-55/h2-29,34,36H,30-33,35H2. The Hall–Kier alpha value is -7.62. The Labute approximate surface area is 355 Å². The van der Waals surface area contributed by atoms with E-state index in [1.165, 1.54) is 37.7 Å². The molecule has 0 saturated heterocycles. The first-order valence-electron chi connectivity index (χ1n) is 21.1. The fraction of sp³-hybridized carbons (Fsp3) is 0.127. The van der Waals surface area contributed by atoms with Gasteiger partial charge in [-0.05, 0) is 77.0 Å². The minimum Gasteiger partial charge on any atom is -0.238 e. The summed E-state index contributed by atoms with van der Waals surface area (Å²) < 4.78 is 0. The number of hydrogen-bond donors (Lipinski definition) is 0. The van der Waals surface area contributed by atoms with Gasteiger partial charge in [0.25, 0.3) is 0 Å². The van der Waals surface area contributed by atoms with E-state index in [9.17, 15) is 0 Å². The SMILES string of the molecule is [C-]#[N+]c1ccc(-c2ccccc2-c2cc(-c3cccc4c(-c5nc(-c6ccccc6)nc(-c6ccc(C78CCC(CC7)C8)cc6)n5)cccc34)nc(-c3ccccc3)n2)cc1. The lowest BCUT2D eigenvalue weighted by molar-refractivity contribution is 0.419. The molecule has 0 N–H and O–H groups in total. The van der Waals surface area contributed by atoms with Crippen LogP contribution in [-0.4, -0.2) is 24.9 Å². The lowest BCUT2D eigenvalue weighted by atomic mass is 9.77. The van der Waals surface area contributed by atoms with Gasteiger partial charge in [0, 0.05) is 33.4 Å². The van der Waals surface area contributed by atoms with E-state index in [0.29, 0.717) is 34.4 Å². The van der Waals surface area contributed by atoms with Gasteiger partial charge in [0.1, 0.15) is 0 Å². The van der Waals surface area contributed by atoms with Gasteiger partial charge in [-0.15, -0.1) is 0 Å². The largest absolute Gasteiger partial charge is 0.238 e. The quantitative estimate of drug-likeness (QED) is 0.144. The molecule has 2 aliphatic carbocycles. The zero-order chi connectivity index (χ0) is 40.8. The zero-order valence-corrected chi connectivity index (χ0v) is 33.5. The topological polar surface area (TPSA) is 68.8 Å². The van der Waals surface area contributed by atoms with Gasteiger partial charge >= 0.3 is 0 Å². The molecule has 2 heterocycles. The number of fused-ring (bicyclic) bond motifs is 3. The van der Waals surface area contributed by atoms with Gasteiger partial charge < -0.3 is 0 Å². The lowest BCUT2D eigenvalue weighted by Crippen LogP contribution is -2.19. The normalized spacial score (nSPS) is 16.7. The highest BCUT2D eigenvalue weighted by molar-refractivity contribution is 6.03. The second kappa shape index (κ2) is 15.2. The Kier molecular flexibility index (Phi) is 9.08. The molecule has 2 saturated carbocycles. The highest BCUT2D eigenvalue weighted by Crippen LogP contribution is 2.55. The number of nitrogens with zero attached hydrogens (tertiary/aromatic N) is 6. The summed E-state index contributed by atoms with van der Waals surface area (Å²) in [4.78, 5) is 29.5. The predicted octanol–water partition coefficient (Wildman–Crippen LogP) is 13.9. The molecule has 0 aliphatic heterocycles. The third-order valence-electron chi connectivity index (χ3n) is 12.9. The van der Waals surface area contributed by atoms with E-state index in [0.717, 1.165) is 72.6 Å². The summed E-state index contributed by atoms with van der Waals surface area (Å²) in [7, 11) is 0. The molecule has 0 radical (unpaired) electrons. The van der Waals surface area contributed by atoms with Crippen LogP contribution in [0.25, 0.3) is 94.8 Å². The highest BCUT2D eigenvalue weighted by Gasteiger charge is 2.45. The maximum atomic E-state index is 7.46. The van der Waals surface area contributed by atoms with Crippen LogP contribution in [0.2, 0.25) is 0 Å². The molecule has 2 aliphatic rings. The fourth-order valence-corrected chi connectivity index (χ4v) is 9.75. The van der Waals surface area contributed by atoms with Crippen LogP contribution in [0.1, 0.15) is 37.7 Å². The molecule has 0 amide bonds. The van der Waals surface area contributed by atoms with Gasteiger partial charge in [0.05, 0.1) is 18.0 Å². The monoisotopic (exact) mass is 784 g/mol. The molecule has 7 aromatic carbocycles. The fourth-order valence-electron chi connectivity index (χ4n) is 9.75. The van der Waals surface area contributed by atoms with Crippen molar-refractivity contribution in [2.45, 2.75) is 37.5 Å². The minimum atomic E-state index is 0.338. The molecule has 0 atom stereocenters. The average Bonchev–Trinajstić information content (AvgIpc) is 3.97. The van der Waals surface area contributed by atoms with Gasteiger partial charge in [0.15, 0.2) is 29.0 Å². The second-order valence-electron chi connectivity index (χ2n) is 16.4. The van der Waals surface area contributed by atoms with Crippen molar-refractivity contribution in [3.8, 4) is 79.2 Å². The van der Waals surface area contributed by atoms with Crippen LogP contribution in [0.4, 0.5) is 5.69 Å². The number of hydrogen-bond acceptors (Lipinski definition) is 5. The summed E-state index contributed by atoms with van der Waals surface area (Å²) in [5.74, 6) is 3.45. The Balaban J connectivity index is 1.05. The van der Waals surface area contributed by atoms with Crippen LogP contribution in [-0.2, 0) is 5.41 Å². The first-order chi connectivity index (χ1) is 30.1. The molecule has 0 spiro atoms. The summed E-state index contributed by atoms with van der Waals surface area (Å²) in [6.07, 6.45) is 6.62. The molecule has 9 aromatic rings. The van der Waals surface area contributed by atoms with Crippen molar-refractivity contribution in [2.75, 3.05) is 0 Å². The maximum Gasteiger partial charge on any atom is 0.187 e. The molecule has 2 fully saturated rings. The summed E-state index contributed by atoms with van der Waals surface area (Å²) >= 11 is 0. The van der Waals surface area contributed by atoms with Gasteiger partial charge in [-0.3, -0.25) is 0 Å². The second-order valence-corrected chi connectivity index (χ2v) is 16.4. The van der Waals surface area contributed by atoms with E-state index in [1.807, 2.05) is 84.9 Å². The zero-order valence-electron chi connectivity index (χ0n) is 33.5. The van der Waals surface area contributed by atoms with Gasteiger partial charge in [-0.1, -0.05) is 170 Å². The van der Waals surface area contributed by atoms with Crippen molar-refractivity contribution in [1.29, 1.82) is 0 Å². The van der Waals surface area contributed by atoms with E-state index in [1.54, 1.807) is 0 Å². The summed E-state index contributed by atoms with van der Waals surface area (Å²) in [6, 6.07) is 60.2. The van der Waals surface area contributed by atoms with Gasteiger partial charge in [-0.25, -0.2) is 29.8 Å². The van der Waals surface area contributed by atoms with Crippen LogP contribution in [0.15, 0.2) is 176 Å². The van der Waals surface area contributed by atoms with Gasteiger partial charge in [0.2, 0.25) is 0 Å². The van der Waals surface area contributed by atoms with Crippen molar-refractivity contribution in [2.24, 2.45) is 5.92 Å². The van der Waals surface area contributed by atoms with E-state index in [-0.39, 0.29) is 0 Å². The Bertz CT molecular complexity index is 3110. The third kappa shape index (κ3) is 6.75. The Morgan fingerprint density at radius 2 is 0.918 bits per heavy atom. The van der Waals surface area contributed by atoms with Crippen molar-refractivity contribution < 1.29 is 0 Å². The molecule has 2 aromatic heterocycles. The third-order valence-corrected chi connectivity index (χ3v) is 12.9. The van der Waals surface area contributed by atoms with Crippen LogP contribution in [0, 0.1) is 12.5 Å². The molecule has 6 heteroatoms. The maximum absolute atomic E-state index is 7.46. The van der Waals surface area contributed by atoms with Crippen molar-refractivity contribution in [3.05, 3.63) is 193 Å². The smallest absolute Gasteiger partial charge is 0.187 e. The highest BCUT2D eigenvalue weighted by atomic mass is 15.0. The Morgan fingerprint density at radius 1 is 0.426 bits per heavy atom. The molecule has 290 valence electrons. The Morgan fingerprint density at radius 3 is 1.52 bits per heavy atom. The van der Waals surface area contributed by atoms with E-state index >= 15 is 0 Å². The van der Waals surface area contributed by atoms with Crippen LogP contribution in [0.3, 0.4) is 0 Å². The average molecular weight is 785 g/mol. The van der Waals surface area contributed by atoms with E-state index < -0.39 is 0 Å². The first-order valence-corrected chi connectivity index (χ1v) is 21.1. The number of rotatable bonds is 8. The lowest BCUT2D eigenvalue weighted by Gasteiger charge is -2.27. The molecule has 0 unspecified atom stereocenters. The van der Waals surface area contributed by atoms with Crippen LogP contribution < -0.4 is 0 Å². The first kappa shape index (κ1) is 36.5. The molecular formula is C55H40N6. The van der Waals surface area contributed by atoms with Crippen LogP contribution >= 0.6 is 0 Å².